The molecule has 0 spiro atoms. The number of benzene rings is 1. The second-order valence-corrected chi connectivity index (χ2v) is 3.42. The van der Waals surface area contributed by atoms with Gasteiger partial charge in [0.05, 0.1) is 6.10 Å². The summed E-state index contributed by atoms with van der Waals surface area (Å²) in [5.41, 5.74) is 0.841. The minimum Gasteiger partial charge on any atom is -0.356 e. The monoisotopic (exact) mass is 222 g/mol. The molecule has 1 rings (SSSR count). The first-order chi connectivity index (χ1) is 7.70. The maximum atomic E-state index is 13.3. The zero-order valence-electron chi connectivity index (χ0n) is 9.70. The molecule has 0 aliphatic heterocycles. The Labute approximate surface area is 97.2 Å². The predicted molar refractivity (Wildman–Crippen MR) is 62.4 cm³/mol. The van der Waals surface area contributed by atoms with Crippen LogP contribution in [-0.2, 0) is 9.47 Å². The molecule has 0 saturated carbocycles. The SMILES string of the molecule is [B]c1c(F)cccc1[C@@H](CC)OCOCC. The van der Waals surface area contributed by atoms with Gasteiger partial charge in [0, 0.05) is 6.61 Å². The summed E-state index contributed by atoms with van der Waals surface area (Å²) in [5, 5.41) is 0. The lowest BCUT2D eigenvalue weighted by Gasteiger charge is -2.19. The van der Waals surface area contributed by atoms with Crippen LogP contribution in [0.25, 0.3) is 0 Å². The fourth-order valence-electron chi connectivity index (χ4n) is 1.48. The highest BCUT2D eigenvalue weighted by molar-refractivity contribution is 6.33. The number of rotatable bonds is 6. The van der Waals surface area contributed by atoms with Crippen molar-refractivity contribution in [2.24, 2.45) is 0 Å². The number of ether oxygens (including phenoxy) is 2. The minimum atomic E-state index is -0.407. The van der Waals surface area contributed by atoms with Crippen molar-refractivity contribution >= 4 is 13.3 Å². The standard InChI is InChI=1S/C12H16BFO2/c1-3-11(16-8-15-4-2)9-6-5-7-10(14)12(9)13/h5-7,11H,3-4,8H2,1-2H3/t11-/m1/s1. The molecule has 0 aromatic heterocycles. The lowest BCUT2D eigenvalue weighted by Crippen LogP contribution is -2.20. The summed E-state index contributed by atoms with van der Waals surface area (Å²) in [7, 11) is 5.67. The Balaban J connectivity index is 2.74. The van der Waals surface area contributed by atoms with Crippen molar-refractivity contribution in [3.8, 4) is 0 Å². The van der Waals surface area contributed by atoms with Crippen LogP contribution >= 0.6 is 0 Å². The van der Waals surface area contributed by atoms with Crippen LogP contribution in [-0.4, -0.2) is 21.2 Å². The van der Waals surface area contributed by atoms with Crippen LogP contribution in [0.15, 0.2) is 18.2 Å². The molecule has 4 heteroatoms. The molecular formula is C12H16BFO2. The maximum absolute atomic E-state index is 13.3. The molecule has 0 heterocycles. The molecule has 0 aliphatic rings. The van der Waals surface area contributed by atoms with Crippen LogP contribution in [0.1, 0.15) is 31.9 Å². The fourth-order valence-corrected chi connectivity index (χ4v) is 1.48. The average Bonchev–Trinajstić information content (AvgIpc) is 2.29. The first-order valence-corrected chi connectivity index (χ1v) is 5.43. The van der Waals surface area contributed by atoms with E-state index in [9.17, 15) is 4.39 Å². The van der Waals surface area contributed by atoms with Crippen molar-refractivity contribution in [2.75, 3.05) is 13.4 Å². The summed E-state index contributed by atoms with van der Waals surface area (Å²) in [5.74, 6) is -0.407. The number of hydrogen-bond acceptors (Lipinski definition) is 2. The molecule has 0 aliphatic carbocycles. The van der Waals surface area contributed by atoms with E-state index in [4.69, 9.17) is 17.3 Å². The average molecular weight is 222 g/mol. The van der Waals surface area contributed by atoms with Gasteiger partial charge in [0.2, 0.25) is 0 Å². The van der Waals surface area contributed by atoms with E-state index >= 15 is 0 Å². The van der Waals surface area contributed by atoms with Crippen LogP contribution in [0, 0.1) is 5.82 Å². The molecular weight excluding hydrogens is 206 g/mol. The smallest absolute Gasteiger partial charge is 0.147 e. The van der Waals surface area contributed by atoms with E-state index in [-0.39, 0.29) is 18.4 Å². The molecule has 1 atom stereocenters. The normalized spacial score (nSPS) is 12.7. The van der Waals surface area contributed by atoms with Gasteiger partial charge in [-0.05, 0) is 25.0 Å². The first-order valence-electron chi connectivity index (χ1n) is 5.43. The van der Waals surface area contributed by atoms with Crippen molar-refractivity contribution in [3.05, 3.63) is 29.6 Å². The molecule has 0 unspecified atom stereocenters. The van der Waals surface area contributed by atoms with Crippen molar-refractivity contribution in [2.45, 2.75) is 26.4 Å². The molecule has 86 valence electrons. The van der Waals surface area contributed by atoms with E-state index in [1.165, 1.54) is 6.07 Å². The molecule has 0 N–H and O–H groups in total. The highest BCUT2D eigenvalue weighted by Crippen LogP contribution is 2.19. The second-order valence-electron chi connectivity index (χ2n) is 3.42. The van der Waals surface area contributed by atoms with Gasteiger partial charge in [-0.15, -0.1) is 0 Å². The van der Waals surface area contributed by atoms with Gasteiger partial charge >= 0.3 is 0 Å². The summed E-state index contributed by atoms with van der Waals surface area (Å²) in [6, 6.07) is 4.75. The van der Waals surface area contributed by atoms with Crippen LogP contribution in [0.3, 0.4) is 0 Å². The fraction of sp³-hybridized carbons (Fsp3) is 0.500. The van der Waals surface area contributed by atoms with E-state index in [0.29, 0.717) is 12.2 Å². The van der Waals surface area contributed by atoms with Crippen molar-refractivity contribution in [3.63, 3.8) is 0 Å². The Morgan fingerprint density at radius 3 is 2.75 bits per heavy atom. The Morgan fingerprint density at radius 2 is 2.12 bits per heavy atom. The number of hydrogen-bond donors (Lipinski definition) is 0. The van der Waals surface area contributed by atoms with E-state index < -0.39 is 5.82 Å². The van der Waals surface area contributed by atoms with Crippen molar-refractivity contribution < 1.29 is 13.9 Å². The van der Waals surface area contributed by atoms with Gasteiger partial charge in [-0.1, -0.05) is 24.5 Å². The van der Waals surface area contributed by atoms with Gasteiger partial charge in [-0.25, -0.2) is 4.39 Å². The third-order valence-corrected chi connectivity index (χ3v) is 2.36. The summed E-state index contributed by atoms with van der Waals surface area (Å²) < 4.78 is 23.8. The highest BCUT2D eigenvalue weighted by atomic mass is 19.1. The minimum absolute atomic E-state index is 0.158. The topological polar surface area (TPSA) is 18.5 Å². The van der Waals surface area contributed by atoms with Gasteiger partial charge in [-0.3, -0.25) is 0 Å². The van der Waals surface area contributed by atoms with Crippen molar-refractivity contribution in [1.82, 2.24) is 0 Å². The summed E-state index contributed by atoms with van der Waals surface area (Å²) in [6.45, 7) is 4.64. The van der Waals surface area contributed by atoms with E-state index in [1.54, 1.807) is 12.1 Å². The van der Waals surface area contributed by atoms with Crippen LogP contribution in [0.5, 0.6) is 0 Å². The van der Waals surface area contributed by atoms with Gasteiger partial charge in [-0.2, -0.15) is 0 Å². The third kappa shape index (κ3) is 3.32. The lowest BCUT2D eigenvalue weighted by atomic mass is 9.87. The van der Waals surface area contributed by atoms with Crippen LogP contribution in [0.2, 0.25) is 0 Å². The molecule has 0 bridgehead atoms. The molecule has 2 nitrogen and oxygen atoms in total. The summed E-state index contributed by atoms with van der Waals surface area (Å²) >= 11 is 0. The van der Waals surface area contributed by atoms with Gasteiger partial charge in [0.15, 0.2) is 0 Å². The van der Waals surface area contributed by atoms with E-state index in [1.807, 2.05) is 13.8 Å². The molecule has 1 aromatic rings. The number of halogens is 1. The Morgan fingerprint density at radius 1 is 1.38 bits per heavy atom. The first kappa shape index (κ1) is 13.2. The Kier molecular flexibility index (Phi) is 5.50. The molecule has 16 heavy (non-hydrogen) atoms. The van der Waals surface area contributed by atoms with Crippen molar-refractivity contribution in [1.29, 1.82) is 0 Å². The van der Waals surface area contributed by atoms with E-state index in [0.717, 1.165) is 6.42 Å². The zero-order chi connectivity index (χ0) is 12.0. The maximum Gasteiger partial charge on any atom is 0.147 e. The molecule has 0 amide bonds. The largest absolute Gasteiger partial charge is 0.356 e. The summed E-state index contributed by atoms with van der Waals surface area (Å²) in [4.78, 5) is 0. The van der Waals surface area contributed by atoms with Crippen LogP contribution < -0.4 is 5.46 Å². The molecule has 0 fully saturated rings. The van der Waals surface area contributed by atoms with Gasteiger partial charge in [0.25, 0.3) is 0 Å². The summed E-state index contributed by atoms with van der Waals surface area (Å²) in [6.07, 6.45) is 0.503. The van der Waals surface area contributed by atoms with Gasteiger partial charge in [0.1, 0.15) is 20.5 Å². The quantitative estimate of drug-likeness (QED) is 0.416. The highest BCUT2D eigenvalue weighted by Gasteiger charge is 2.13. The molecule has 2 radical (unpaired) electrons. The molecule has 0 saturated heterocycles. The van der Waals surface area contributed by atoms with Crippen LogP contribution in [0.4, 0.5) is 4.39 Å². The zero-order valence-corrected chi connectivity index (χ0v) is 9.70. The molecule has 1 aromatic carbocycles. The lowest BCUT2D eigenvalue weighted by molar-refractivity contribution is -0.0884. The second kappa shape index (κ2) is 6.66. The Hall–Kier alpha value is -0.865. The predicted octanol–water partition coefficient (Wildman–Crippen LogP) is 2.08. The van der Waals surface area contributed by atoms with E-state index in [2.05, 4.69) is 0 Å². The Bertz CT molecular complexity index is 331. The van der Waals surface area contributed by atoms with Gasteiger partial charge < -0.3 is 9.47 Å². The third-order valence-electron chi connectivity index (χ3n) is 2.36.